The third kappa shape index (κ3) is 7.09. The monoisotopic (exact) mass is 392 g/mol. The molecule has 0 saturated carbocycles. The van der Waals surface area contributed by atoms with Crippen LogP contribution in [0.15, 0.2) is 30.3 Å². The maximum Gasteiger partial charge on any atom is 0.410 e. The van der Waals surface area contributed by atoms with E-state index in [9.17, 15) is 14.4 Å². The summed E-state index contributed by atoms with van der Waals surface area (Å²) in [5.41, 5.74) is 0.269. The molecular weight excluding hydrogens is 364 g/mol. The van der Waals surface area contributed by atoms with Crippen LogP contribution in [-0.2, 0) is 25.6 Å². The van der Waals surface area contributed by atoms with Gasteiger partial charge in [-0.3, -0.25) is 0 Å². The van der Waals surface area contributed by atoms with Crippen molar-refractivity contribution in [3.8, 4) is 0 Å². The van der Waals surface area contributed by atoms with Gasteiger partial charge in [0.2, 0.25) is 0 Å². The second-order valence-corrected chi connectivity index (χ2v) is 7.70. The summed E-state index contributed by atoms with van der Waals surface area (Å²) in [4.78, 5) is 37.6. The van der Waals surface area contributed by atoms with Gasteiger partial charge in [-0.25, -0.2) is 14.4 Å². The Hall–Kier alpha value is -2.77. The van der Waals surface area contributed by atoms with E-state index in [1.807, 2.05) is 30.3 Å². The van der Waals surface area contributed by atoms with Crippen molar-refractivity contribution >= 4 is 18.2 Å². The molecule has 1 aromatic rings. The number of amides is 2. The maximum absolute atomic E-state index is 12.2. The molecule has 8 heteroatoms. The summed E-state index contributed by atoms with van der Waals surface area (Å²) >= 11 is 0. The number of carbonyl (C=O) groups excluding carboxylic acids is 3. The highest BCUT2D eigenvalue weighted by Crippen LogP contribution is 2.17. The first-order valence-electron chi connectivity index (χ1n) is 9.29. The van der Waals surface area contributed by atoms with Gasteiger partial charge in [0.05, 0.1) is 6.54 Å². The molecule has 1 heterocycles. The Morgan fingerprint density at radius 3 is 2.54 bits per heavy atom. The molecule has 2 rings (SSSR count). The number of hydrogen-bond donors (Lipinski definition) is 1. The van der Waals surface area contributed by atoms with E-state index in [2.05, 4.69) is 5.32 Å². The molecule has 1 fully saturated rings. The summed E-state index contributed by atoms with van der Waals surface area (Å²) in [5, 5.41) is 2.45. The van der Waals surface area contributed by atoms with Gasteiger partial charge in [0.1, 0.15) is 24.4 Å². The van der Waals surface area contributed by atoms with Crippen molar-refractivity contribution in [1.82, 2.24) is 10.2 Å². The minimum Gasteiger partial charge on any atom is -0.459 e. The normalized spacial score (nSPS) is 17.6. The molecule has 1 N–H and O–H groups in total. The Kier molecular flexibility index (Phi) is 7.25. The third-order valence-corrected chi connectivity index (χ3v) is 3.98. The highest BCUT2D eigenvalue weighted by Gasteiger charge is 2.32. The van der Waals surface area contributed by atoms with Crippen molar-refractivity contribution in [2.24, 2.45) is 0 Å². The summed E-state index contributed by atoms with van der Waals surface area (Å²) in [7, 11) is 0. The van der Waals surface area contributed by atoms with Gasteiger partial charge in [-0.2, -0.15) is 0 Å². The van der Waals surface area contributed by atoms with Gasteiger partial charge in [0.25, 0.3) is 0 Å². The van der Waals surface area contributed by atoms with Gasteiger partial charge in [0, 0.05) is 13.0 Å². The largest absolute Gasteiger partial charge is 0.459 e. The zero-order chi connectivity index (χ0) is 20.7. The number of ether oxygens (including phenoxy) is 3. The fourth-order valence-corrected chi connectivity index (χ4v) is 2.58. The molecule has 1 aromatic carbocycles. The minimum absolute atomic E-state index is 0.113. The molecule has 0 aromatic heterocycles. The first kappa shape index (κ1) is 21.5. The number of esters is 1. The lowest BCUT2D eigenvalue weighted by Crippen LogP contribution is -2.42. The van der Waals surface area contributed by atoms with Crippen LogP contribution >= 0.6 is 0 Å². The van der Waals surface area contributed by atoms with Gasteiger partial charge in [-0.05, 0) is 33.3 Å². The SMILES string of the molecule is C[C@H](NC(=O)OCc1ccccc1)C(=O)O[C@@H]1CCN(C(=O)OC(C)(C)C)C1. The van der Waals surface area contributed by atoms with E-state index in [1.165, 1.54) is 11.8 Å². The molecule has 0 unspecified atom stereocenters. The van der Waals surface area contributed by atoms with Crippen LogP contribution in [0.3, 0.4) is 0 Å². The summed E-state index contributed by atoms with van der Waals surface area (Å²) in [5.74, 6) is -0.576. The number of benzene rings is 1. The van der Waals surface area contributed by atoms with E-state index in [0.717, 1.165) is 5.56 Å². The molecule has 0 aliphatic carbocycles. The lowest BCUT2D eigenvalue weighted by Gasteiger charge is -2.24. The Bertz CT molecular complexity index is 686. The molecule has 2 atom stereocenters. The maximum atomic E-state index is 12.2. The van der Waals surface area contributed by atoms with Crippen LogP contribution in [0.4, 0.5) is 9.59 Å². The second kappa shape index (κ2) is 9.43. The van der Waals surface area contributed by atoms with Crippen LogP contribution in [0.5, 0.6) is 0 Å². The standard InChI is InChI=1S/C20H28N2O6/c1-14(21-18(24)26-13-15-8-6-5-7-9-15)17(23)27-16-10-11-22(12-16)19(25)28-20(2,3)4/h5-9,14,16H,10-13H2,1-4H3,(H,21,24)/t14-,16+/m0/s1. The first-order valence-corrected chi connectivity index (χ1v) is 9.29. The molecule has 154 valence electrons. The lowest BCUT2D eigenvalue weighted by atomic mass is 10.2. The summed E-state index contributed by atoms with van der Waals surface area (Å²) in [6, 6.07) is 8.37. The van der Waals surface area contributed by atoms with E-state index < -0.39 is 35.9 Å². The fourth-order valence-electron chi connectivity index (χ4n) is 2.58. The average Bonchev–Trinajstić information content (AvgIpc) is 3.08. The molecule has 0 spiro atoms. The van der Waals surface area contributed by atoms with E-state index in [0.29, 0.717) is 13.0 Å². The van der Waals surface area contributed by atoms with Crippen LogP contribution in [0, 0.1) is 0 Å². The van der Waals surface area contributed by atoms with Crippen LogP contribution in [-0.4, -0.2) is 53.9 Å². The van der Waals surface area contributed by atoms with Gasteiger partial charge in [-0.1, -0.05) is 30.3 Å². The Morgan fingerprint density at radius 1 is 1.21 bits per heavy atom. The molecule has 1 aliphatic heterocycles. The average molecular weight is 392 g/mol. The van der Waals surface area contributed by atoms with E-state index in [-0.39, 0.29) is 13.2 Å². The van der Waals surface area contributed by atoms with E-state index in [4.69, 9.17) is 14.2 Å². The number of nitrogens with zero attached hydrogens (tertiary/aromatic N) is 1. The Labute approximate surface area is 165 Å². The summed E-state index contributed by atoms with van der Waals surface area (Å²) in [6.45, 7) is 7.74. The highest BCUT2D eigenvalue weighted by molar-refractivity contribution is 5.81. The lowest BCUT2D eigenvalue weighted by molar-refractivity contribution is -0.150. The zero-order valence-corrected chi connectivity index (χ0v) is 16.8. The van der Waals surface area contributed by atoms with Crippen LogP contribution in [0.2, 0.25) is 0 Å². The van der Waals surface area contributed by atoms with Gasteiger partial charge >= 0.3 is 18.2 Å². The zero-order valence-electron chi connectivity index (χ0n) is 16.8. The summed E-state index contributed by atoms with van der Waals surface area (Å²) < 4.78 is 15.8. The second-order valence-electron chi connectivity index (χ2n) is 7.70. The molecule has 28 heavy (non-hydrogen) atoms. The number of hydrogen-bond acceptors (Lipinski definition) is 6. The predicted octanol–water partition coefficient (Wildman–Crippen LogP) is 2.85. The predicted molar refractivity (Wildman–Crippen MR) is 102 cm³/mol. The van der Waals surface area contributed by atoms with Gasteiger partial charge in [-0.15, -0.1) is 0 Å². The number of nitrogens with one attached hydrogen (secondary N) is 1. The fraction of sp³-hybridized carbons (Fsp3) is 0.550. The summed E-state index contributed by atoms with van der Waals surface area (Å²) in [6.07, 6.45) is -1.03. The number of rotatable bonds is 5. The van der Waals surface area contributed by atoms with E-state index >= 15 is 0 Å². The highest BCUT2D eigenvalue weighted by atomic mass is 16.6. The topological polar surface area (TPSA) is 94.2 Å². The smallest absolute Gasteiger partial charge is 0.410 e. The number of carbonyl (C=O) groups is 3. The third-order valence-electron chi connectivity index (χ3n) is 3.98. The van der Waals surface area contributed by atoms with Crippen molar-refractivity contribution in [3.63, 3.8) is 0 Å². The molecule has 1 aliphatic rings. The molecule has 0 bridgehead atoms. The minimum atomic E-state index is -0.862. The number of likely N-dealkylation sites (tertiary alicyclic amines) is 1. The van der Waals surface area contributed by atoms with Gasteiger partial charge < -0.3 is 24.4 Å². The van der Waals surface area contributed by atoms with Crippen molar-refractivity contribution in [1.29, 1.82) is 0 Å². The molecule has 0 radical (unpaired) electrons. The Morgan fingerprint density at radius 2 is 1.89 bits per heavy atom. The van der Waals surface area contributed by atoms with Crippen LogP contribution < -0.4 is 5.32 Å². The van der Waals surface area contributed by atoms with Crippen molar-refractivity contribution < 1.29 is 28.6 Å². The van der Waals surface area contributed by atoms with Crippen molar-refractivity contribution in [2.75, 3.05) is 13.1 Å². The quantitative estimate of drug-likeness (QED) is 0.612. The van der Waals surface area contributed by atoms with Gasteiger partial charge in [0.15, 0.2) is 0 Å². The first-order chi connectivity index (χ1) is 13.1. The molecule has 8 nitrogen and oxygen atoms in total. The number of alkyl carbamates (subject to hydrolysis) is 1. The van der Waals surface area contributed by atoms with Crippen molar-refractivity contribution in [2.45, 2.75) is 58.5 Å². The van der Waals surface area contributed by atoms with Crippen LogP contribution in [0.25, 0.3) is 0 Å². The van der Waals surface area contributed by atoms with Crippen molar-refractivity contribution in [3.05, 3.63) is 35.9 Å². The Balaban J connectivity index is 1.72. The van der Waals surface area contributed by atoms with E-state index in [1.54, 1.807) is 20.8 Å². The molecule has 1 saturated heterocycles. The van der Waals surface area contributed by atoms with Crippen LogP contribution in [0.1, 0.15) is 39.7 Å². The molecular formula is C20H28N2O6. The molecule has 2 amide bonds.